The third-order valence-electron chi connectivity index (χ3n) is 5.15. The smallest absolute Gasteiger partial charge is 0.276 e. The molecule has 144 valence electrons. The first-order valence-corrected chi connectivity index (χ1v) is 11.6. The van der Waals surface area contributed by atoms with E-state index in [2.05, 4.69) is 15.3 Å². The van der Waals surface area contributed by atoms with E-state index in [0.29, 0.717) is 30.3 Å². The first kappa shape index (κ1) is 18.5. The minimum Gasteiger partial charge on any atom is -0.296 e. The fourth-order valence-corrected chi connectivity index (χ4v) is 6.78. The fourth-order valence-electron chi connectivity index (χ4n) is 3.67. The van der Waals surface area contributed by atoms with Crippen LogP contribution < -0.4 is 5.32 Å². The van der Waals surface area contributed by atoms with Gasteiger partial charge in [0.1, 0.15) is 5.69 Å². The van der Waals surface area contributed by atoms with Gasteiger partial charge in [-0.05, 0) is 25.0 Å². The lowest BCUT2D eigenvalue weighted by atomic mass is 10.0. The second kappa shape index (κ2) is 7.65. The zero-order chi connectivity index (χ0) is 18.9. The lowest BCUT2D eigenvalue weighted by Gasteiger charge is -2.31. The monoisotopic (exact) mass is 406 g/mol. The van der Waals surface area contributed by atoms with Gasteiger partial charge in [-0.25, -0.2) is 13.4 Å². The van der Waals surface area contributed by atoms with Gasteiger partial charge in [0.05, 0.1) is 10.9 Å². The number of carbonyl (C=O) groups is 1. The molecule has 4 rings (SSSR count). The Hall–Kier alpha value is -1.84. The third kappa shape index (κ3) is 3.90. The second-order valence-corrected chi connectivity index (χ2v) is 10.2. The van der Waals surface area contributed by atoms with Crippen molar-refractivity contribution in [2.45, 2.75) is 50.3 Å². The fraction of sp³-hybridized carbons (Fsp3) is 0.500. The summed E-state index contributed by atoms with van der Waals surface area (Å²) in [7, 11) is -3.27. The number of fused-ring (bicyclic) bond motifs is 1. The van der Waals surface area contributed by atoms with Crippen molar-refractivity contribution in [3.8, 4) is 0 Å². The summed E-state index contributed by atoms with van der Waals surface area (Å²) in [4.78, 5) is 21.7. The van der Waals surface area contributed by atoms with E-state index in [4.69, 9.17) is 0 Å². The normalized spacial score (nSPS) is 18.8. The van der Waals surface area contributed by atoms with Crippen LogP contribution in [0.2, 0.25) is 0 Å². The van der Waals surface area contributed by atoms with E-state index in [1.54, 1.807) is 28.7 Å². The average Bonchev–Trinajstić information content (AvgIpc) is 3.10. The number of thiazole rings is 1. The summed E-state index contributed by atoms with van der Waals surface area (Å²) in [6.07, 6.45) is 6.79. The molecule has 2 aromatic heterocycles. The molecule has 1 aliphatic carbocycles. The summed E-state index contributed by atoms with van der Waals surface area (Å²) >= 11 is 1.35. The van der Waals surface area contributed by atoms with Gasteiger partial charge in [-0.2, -0.15) is 4.31 Å². The number of anilines is 1. The molecule has 0 unspecified atom stereocenters. The van der Waals surface area contributed by atoms with Crippen LogP contribution in [0.1, 0.15) is 53.2 Å². The van der Waals surface area contributed by atoms with Crippen LogP contribution in [0.25, 0.3) is 0 Å². The molecule has 1 amide bonds. The Labute approximate surface area is 162 Å². The number of nitrogens with zero attached hydrogens (tertiary/aromatic N) is 3. The number of aromatic nitrogens is 2. The molecule has 0 spiro atoms. The van der Waals surface area contributed by atoms with Crippen LogP contribution in [0.4, 0.5) is 5.13 Å². The highest BCUT2D eigenvalue weighted by atomic mass is 32.2. The van der Waals surface area contributed by atoms with Crippen LogP contribution in [0.3, 0.4) is 0 Å². The largest absolute Gasteiger partial charge is 0.296 e. The summed E-state index contributed by atoms with van der Waals surface area (Å²) < 4.78 is 27.5. The summed E-state index contributed by atoms with van der Waals surface area (Å²) in [6.45, 7) is 0.814. The summed E-state index contributed by atoms with van der Waals surface area (Å²) in [6, 6.07) is 5.14. The predicted molar refractivity (Wildman–Crippen MR) is 104 cm³/mol. The Bertz CT molecular complexity index is 921. The minimum atomic E-state index is -3.27. The van der Waals surface area contributed by atoms with E-state index in [1.807, 2.05) is 0 Å². The molecule has 1 N–H and O–H groups in total. The maximum Gasteiger partial charge on any atom is 0.276 e. The number of nitrogens with one attached hydrogen (secondary N) is 1. The first-order valence-electron chi connectivity index (χ1n) is 9.24. The molecule has 3 heterocycles. The van der Waals surface area contributed by atoms with E-state index in [1.165, 1.54) is 11.3 Å². The van der Waals surface area contributed by atoms with Crippen LogP contribution in [0, 0.1) is 0 Å². The standard InChI is InChI=1S/C18H22N4O3S2/c23-17(15-8-4-5-10-19-15)21-18-20-14-9-11-22(12-16(14)26-18)27(24,25)13-6-2-1-3-7-13/h4-5,8,10,13H,1-3,6-7,9,11-12H2,(H,20,21,23). The average molecular weight is 407 g/mol. The number of amides is 1. The molecule has 1 saturated carbocycles. The Morgan fingerprint density at radius 3 is 2.78 bits per heavy atom. The molecule has 0 aromatic carbocycles. The van der Waals surface area contributed by atoms with Crippen molar-refractivity contribution in [2.24, 2.45) is 0 Å². The third-order valence-corrected chi connectivity index (χ3v) is 8.49. The number of hydrogen-bond donors (Lipinski definition) is 1. The van der Waals surface area contributed by atoms with E-state index in [-0.39, 0.29) is 11.2 Å². The first-order chi connectivity index (χ1) is 13.0. The number of pyridine rings is 1. The highest BCUT2D eigenvalue weighted by Crippen LogP contribution is 2.33. The van der Waals surface area contributed by atoms with Crippen molar-refractivity contribution in [3.05, 3.63) is 40.7 Å². The summed E-state index contributed by atoms with van der Waals surface area (Å²) in [5.74, 6) is -0.312. The van der Waals surface area contributed by atoms with Gasteiger partial charge >= 0.3 is 0 Å². The summed E-state index contributed by atoms with van der Waals surface area (Å²) in [5.41, 5.74) is 1.21. The number of sulfonamides is 1. The molecule has 1 aliphatic heterocycles. The minimum absolute atomic E-state index is 0.246. The van der Waals surface area contributed by atoms with Gasteiger partial charge in [-0.1, -0.05) is 25.3 Å². The zero-order valence-corrected chi connectivity index (χ0v) is 16.6. The maximum absolute atomic E-state index is 13.0. The Morgan fingerprint density at radius 1 is 1.22 bits per heavy atom. The van der Waals surface area contributed by atoms with Gasteiger partial charge in [-0.3, -0.25) is 15.1 Å². The number of hydrogen-bond acceptors (Lipinski definition) is 6. The van der Waals surface area contributed by atoms with Gasteiger partial charge < -0.3 is 0 Å². The maximum atomic E-state index is 13.0. The number of rotatable bonds is 4. The van der Waals surface area contributed by atoms with Crippen molar-refractivity contribution in [2.75, 3.05) is 11.9 Å². The lowest BCUT2D eigenvalue weighted by molar-refractivity contribution is 0.102. The Morgan fingerprint density at radius 2 is 2.04 bits per heavy atom. The van der Waals surface area contributed by atoms with Crippen LogP contribution in [-0.2, 0) is 23.0 Å². The molecule has 9 heteroatoms. The Balaban J connectivity index is 1.47. The van der Waals surface area contributed by atoms with Gasteiger partial charge in [0.25, 0.3) is 5.91 Å². The topological polar surface area (TPSA) is 92.3 Å². The van der Waals surface area contributed by atoms with Gasteiger partial charge in [-0.15, -0.1) is 11.3 Å². The van der Waals surface area contributed by atoms with Crippen LogP contribution in [0.5, 0.6) is 0 Å². The zero-order valence-electron chi connectivity index (χ0n) is 14.9. The highest BCUT2D eigenvalue weighted by molar-refractivity contribution is 7.89. The van der Waals surface area contributed by atoms with Crippen molar-refractivity contribution in [1.29, 1.82) is 0 Å². The van der Waals surface area contributed by atoms with Crippen molar-refractivity contribution in [3.63, 3.8) is 0 Å². The Kier molecular flexibility index (Phi) is 5.25. The van der Waals surface area contributed by atoms with E-state index in [9.17, 15) is 13.2 Å². The van der Waals surface area contributed by atoms with Gasteiger partial charge in [0.15, 0.2) is 5.13 Å². The molecule has 2 aromatic rings. The highest BCUT2D eigenvalue weighted by Gasteiger charge is 2.35. The second-order valence-electron chi connectivity index (χ2n) is 6.95. The molecule has 0 saturated heterocycles. The van der Waals surface area contributed by atoms with Crippen LogP contribution in [-0.4, -0.2) is 40.4 Å². The molecular weight excluding hydrogens is 384 g/mol. The van der Waals surface area contributed by atoms with E-state index in [0.717, 1.165) is 42.7 Å². The molecule has 27 heavy (non-hydrogen) atoms. The molecule has 0 bridgehead atoms. The van der Waals surface area contributed by atoms with E-state index >= 15 is 0 Å². The molecule has 2 aliphatic rings. The lowest BCUT2D eigenvalue weighted by Crippen LogP contribution is -2.42. The summed E-state index contributed by atoms with van der Waals surface area (Å²) in [5, 5.41) is 3.02. The van der Waals surface area contributed by atoms with Crippen molar-refractivity contribution >= 4 is 32.4 Å². The van der Waals surface area contributed by atoms with Gasteiger partial charge in [0.2, 0.25) is 10.0 Å². The SMILES string of the molecule is O=C(Nc1nc2c(s1)CN(S(=O)(=O)C1CCCCC1)CC2)c1ccccn1. The molecular formula is C18H22N4O3S2. The molecule has 0 radical (unpaired) electrons. The van der Waals surface area contributed by atoms with E-state index < -0.39 is 10.0 Å². The van der Waals surface area contributed by atoms with Crippen molar-refractivity contribution < 1.29 is 13.2 Å². The van der Waals surface area contributed by atoms with Crippen molar-refractivity contribution in [1.82, 2.24) is 14.3 Å². The molecule has 7 nitrogen and oxygen atoms in total. The number of carbonyl (C=O) groups excluding carboxylic acids is 1. The predicted octanol–water partition coefficient (Wildman–Crippen LogP) is 2.81. The van der Waals surface area contributed by atoms with Gasteiger partial charge in [0, 0.05) is 30.6 Å². The van der Waals surface area contributed by atoms with Crippen LogP contribution >= 0.6 is 11.3 Å². The quantitative estimate of drug-likeness (QED) is 0.843. The van der Waals surface area contributed by atoms with Crippen LogP contribution in [0.15, 0.2) is 24.4 Å². The molecule has 1 fully saturated rings. The molecule has 0 atom stereocenters.